The van der Waals surface area contributed by atoms with E-state index < -0.39 is 5.97 Å². The molecule has 114 valence electrons. The molecule has 0 radical (unpaired) electrons. The minimum atomic E-state index is -0.750. The SMILES string of the molecule is COc1cccc(C(CC(=O)O)C2CC2)c1OC1CSC1. The number of aliphatic carboxylic acids is 1. The van der Waals surface area contributed by atoms with E-state index in [2.05, 4.69) is 0 Å². The zero-order valence-corrected chi connectivity index (χ0v) is 12.9. The minimum Gasteiger partial charge on any atom is -0.493 e. The molecule has 0 amide bonds. The zero-order chi connectivity index (χ0) is 14.8. The number of para-hydroxylation sites is 1. The van der Waals surface area contributed by atoms with Crippen molar-refractivity contribution in [3.05, 3.63) is 23.8 Å². The Labute approximate surface area is 128 Å². The maximum Gasteiger partial charge on any atom is 0.303 e. The molecule has 0 bridgehead atoms. The Morgan fingerprint density at radius 1 is 1.43 bits per heavy atom. The van der Waals surface area contributed by atoms with Gasteiger partial charge >= 0.3 is 5.97 Å². The number of carbonyl (C=O) groups is 1. The molecule has 0 spiro atoms. The number of carboxylic acid groups (broad SMARTS) is 1. The monoisotopic (exact) mass is 308 g/mol. The fraction of sp³-hybridized carbons (Fsp3) is 0.562. The number of thioether (sulfide) groups is 1. The third kappa shape index (κ3) is 3.28. The van der Waals surface area contributed by atoms with Gasteiger partial charge in [-0.25, -0.2) is 0 Å². The largest absolute Gasteiger partial charge is 0.493 e. The Bertz CT molecular complexity index is 523. The average molecular weight is 308 g/mol. The third-order valence-corrected chi connectivity index (χ3v) is 5.32. The first kappa shape index (κ1) is 14.6. The van der Waals surface area contributed by atoms with Crippen LogP contribution in [0, 0.1) is 5.92 Å². The van der Waals surface area contributed by atoms with Gasteiger partial charge in [-0.3, -0.25) is 4.79 Å². The van der Waals surface area contributed by atoms with E-state index in [0.29, 0.717) is 11.7 Å². The van der Waals surface area contributed by atoms with Crippen LogP contribution in [0.3, 0.4) is 0 Å². The van der Waals surface area contributed by atoms with Gasteiger partial charge in [0.05, 0.1) is 13.5 Å². The first-order valence-electron chi connectivity index (χ1n) is 7.32. The lowest BCUT2D eigenvalue weighted by Crippen LogP contribution is -2.31. The van der Waals surface area contributed by atoms with Gasteiger partial charge in [0, 0.05) is 23.0 Å². The third-order valence-electron chi connectivity index (χ3n) is 4.11. The van der Waals surface area contributed by atoms with Gasteiger partial charge in [0.1, 0.15) is 6.10 Å². The van der Waals surface area contributed by atoms with Gasteiger partial charge in [0.25, 0.3) is 0 Å². The van der Waals surface area contributed by atoms with Gasteiger partial charge in [0.15, 0.2) is 11.5 Å². The van der Waals surface area contributed by atoms with Gasteiger partial charge in [0.2, 0.25) is 0 Å². The summed E-state index contributed by atoms with van der Waals surface area (Å²) in [5.41, 5.74) is 0.996. The second kappa shape index (κ2) is 6.18. The van der Waals surface area contributed by atoms with Crippen LogP contribution in [-0.2, 0) is 4.79 Å². The minimum absolute atomic E-state index is 0.0281. The smallest absolute Gasteiger partial charge is 0.303 e. The lowest BCUT2D eigenvalue weighted by molar-refractivity contribution is -0.137. The molecule has 1 aliphatic carbocycles. The fourth-order valence-electron chi connectivity index (χ4n) is 2.78. The molecule has 2 fully saturated rings. The number of rotatable bonds is 7. The van der Waals surface area contributed by atoms with Crippen LogP contribution in [0.1, 0.15) is 30.7 Å². The first-order valence-corrected chi connectivity index (χ1v) is 8.47. The normalized spacial score (nSPS) is 19.7. The number of hydrogen-bond acceptors (Lipinski definition) is 4. The van der Waals surface area contributed by atoms with Crippen LogP contribution < -0.4 is 9.47 Å². The average Bonchev–Trinajstić information content (AvgIpc) is 3.24. The molecule has 5 heteroatoms. The Balaban J connectivity index is 1.92. The summed E-state index contributed by atoms with van der Waals surface area (Å²) in [6.45, 7) is 0. The standard InChI is InChI=1S/C16H20O4S/c1-19-14-4-2-3-12(16(14)20-11-8-21-9-11)13(7-15(17)18)10-5-6-10/h2-4,10-11,13H,5-9H2,1H3,(H,17,18). The topological polar surface area (TPSA) is 55.8 Å². The molecule has 0 aromatic heterocycles. The van der Waals surface area contributed by atoms with Crippen molar-refractivity contribution in [1.29, 1.82) is 0 Å². The molecule has 1 atom stereocenters. The second-order valence-electron chi connectivity index (χ2n) is 5.70. The zero-order valence-electron chi connectivity index (χ0n) is 12.1. The molecule has 1 N–H and O–H groups in total. The first-order chi connectivity index (χ1) is 10.2. The molecule has 1 heterocycles. The van der Waals surface area contributed by atoms with Crippen molar-refractivity contribution in [2.24, 2.45) is 5.92 Å². The lowest BCUT2D eigenvalue weighted by atomic mass is 9.90. The van der Waals surface area contributed by atoms with Crippen molar-refractivity contribution >= 4 is 17.7 Å². The molecule has 1 aromatic carbocycles. The van der Waals surface area contributed by atoms with Crippen LogP contribution in [-0.4, -0.2) is 35.8 Å². The lowest BCUT2D eigenvalue weighted by Gasteiger charge is -2.29. The van der Waals surface area contributed by atoms with Crippen LogP contribution in [0.5, 0.6) is 11.5 Å². The van der Waals surface area contributed by atoms with Crippen LogP contribution in [0.15, 0.2) is 18.2 Å². The number of hydrogen-bond donors (Lipinski definition) is 1. The summed E-state index contributed by atoms with van der Waals surface area (Å²) >= 11 is 1.86. The molecule has 21 heavy (non-hydrogen) atoms. The van der Waals surface area contributed by atoms with E-state index in [1.54, 1.807) is 7.11 Å². The molecule has 1 saturated heterocycles. The summed E-state index contributed by atoms with van der Waals surface area (Å²) in [6, 6.07) is 5.80. The van der Waals surface area contributed by atoms with E-state index in [1.165, 1.54) is 0 Å². The van der Waals surface area contributed by atoms with Crippen molar-refractivity contribution in [2.75, 3.05) is 18.6 Å². The van der Waals surface area contributed by atoms with Gasteiger partial charge < -0.3 is 14.6 Å². The molecule has 4 nitrogen and oxygen atoms in total. The molecule has 1 saturated carbocycles. The van der Waals surface area contributed by atoms with Crippen LogP contribution >= 0.6 is 11.8 Å². The fourth-order valence-corrected chi connectivity index (χ4v) is 3.34. The number of benzene rings is 1. The van der Waals surface area contributed by atoms with E-state index in [4.69, 9.17) is 9.47 Å². The highest BCUT2D eigenvalue weighted by Crippen LogP contribution is 2.49. The summed E-state index contributed by atoms with van der Waals surface area (Å²) in [5, 5.41) is 9.20. The van der Waals surface area contributed by atoms with Crippen LogP contribution in [0.2, 0.25) is 0 Å². The quantitative estimate of drug-likeness (QED) is 0.838. The van der Waals surface area contributed by atoms with Crippen molar-refractivity contribution < 1.29 is 19.4 Å². The highest BCUT2D eigenvalue weighted by molar-refractivity contribution is 8.00. The summed E-state index contributed by atoms with van der Waals surface area (Å²) < 4.78 is 11.5. The van der Waals surface area contributed by atoms with Gasteiger partial charge in [-0.05, 0) is 24.8 Å². The van der Waals surface area contributed by atoms with Gasteiger partial charge in [-0.15, -0.1) is 0 Å². The highest BCUT2D eigenvalue weighted by Gasteiger charge is 2.36. The Hall–Kier alpha value is -1.36. The van der Waals surface area contributed by atoms with Crippen molar-refractivity contribution in [3.8, 4) is 11.5 Å². The Morgan fingerprint density at radius 2 is 2.19 bits per heavy atom. The summed E-state index contributed by atoms with van der Waals surface area (Å²) in [7, 11) is 1.63. The van der Waals surface area contributed by atoms with Gasteiger partial charge in [-0.2, -0.15) is 11.8 Å². The predicted molar refractivity (Wildman–Crippen MR) is 82.5 cm³/mol. The number of ether oxygens (including phenoxy) is 2. The van der Waals surface area contributed by atoms with Crippen LogP contribution in [0.4, 0.5) is 0 Å². The van der Waals surface area contributed by atoms with Crippen molar-refractivity contribution in [1.82, 2.24) is 0 Å². The molecule has 1 aromatic rings. The van der Waals surface area contributed by atoms with E-state index in [-0.39, 0.29) is 18.4 Å². The van der Waals surface area contributed by atoms with Gasteiger partial charge in [-0.1, -0.05) is 12.1 Å². The maximum atomic E-state index is 11.2. The van der Waals surface area contributed by atoms with E-state index in [0.717, 1.165) is 35.7 Å². The number of carboxylic acids is 1. The Kier molecular flexibility index (Phi) is 4.29. The predicted octanol–water partition coefficient (Wildman–Crippen LogP) is 3.16. The summed E-state index contributed by atoms with van der Waals surface area (Å²) in [5.74, 6) is 3.19. The summed E-state index contributed by atoms with van der Waals surface area (Å²) in [4.78, 5) is 11.2. The maximum absolute atomic E-state index is 11.2. The highest BCUT2D eigenvalue weighted by atomic mass is 32.2. The molecule has 1 unspecified atom stereocenters. The number of methoxy groups -OCH3 is 1. The Morgan fingerprint density at radius 3 is 2.71 bits per heavy atom. The van der Waals surface area contributed by atoms with Crippen LogP contribution in [0.25, 0.3) is 0 Å². The second-order valence-corrected chi connectivity index (χ2v) is 6.77. The van der Waals surface area contributed by atoms with E-state index in [9.17, 15) is 9.90 Å². The molecular weight excluding hydrogens is 288 g/mol. The van der Waals surface area contributed by atoms with Crippen molar-refractivity contribution in [2.45, 2.75) is 31.3 Å². The van der Waals surface area contributed by atoms with Crippen molar-refractivity contribution in [3.63, 3.8) is 0 Å². The molecular formula is C16H20O4S. The molecule has 1 aliphatic heterocycles. The van der Waals surface area contributed by atoms with E-state index >= 15 is 0 Å². The molecule has 2 aliphatic rings. The van der Waals surface area contributed by atoms with E-state index in [1.807, 2.05) is 30.0 Å². The summed E-state index contributed by atoms with van der Waals surface area (Å²) in [6.07, 6.45) is 2.59. The molecule has 3 rings (SSSR count).